The van der Waals surface area contributed by atoms with E-state index >= 15 is 0 Å². The van der Waals surface area contributed by atoms with Crippen molar-refractivity contribution >= 4 is 11.8 Å². The van der Waals surface area contributed by atoms with Crippen molar-refractivity contribution in [3.8, 4) is 0 Å². The molecule has 0 spiro atoms. The minimum atomic E-state index is -0.215. The van der Waals surface area contributed by atoms with Crippen molar-refractivity contribution in [3.63, 3.8) is 0 Å². The largest absolute Gasteiger partial charge is 0.468 e. The lowest BCUT2D eigenvalue weighted by molar-refractivity contribution is -0.129. The molecule has 1 saturated heterocycles. The first-order valence-corrected chi connectivity index (χ1v) is 7.83. The second-order valence-corrected chi connectivity index (χ2v) is 6.42. The third-order valence-electron chi connectivity index (χ3n) is 4.48. The predicted molar refractivity (Wildman–Crippen MR) is 81.0 cm³/mol. The lowest BCUT2D eigenvalue weighted by Crippen LogP contribution is -2.38. The fraction of sp³-hybridized carbons (Fsp3) is 0.625. The maximum atomic E-state index is 12.3. The molecule has 3 rings (SSSR count). The van der Waals surface area contributed by atoms with Crippen LogP contribution >= 0.6 is 0 Å². The molecule has 2 amide bonds. The Morgan fingerprint density at radius 3 is 2.86 bits per heavy atom. The van der Waals surface area contributed by atoms with Crippen molar-refractivity contribution in [1.29, 1.82) is 0 Å². The molecule has 1 saturated carbocycles. The number of furan rings is 1. The maximum Gasteiger partial charge on any atom is 0.225 e. The van der Waals surface area contributed by atoms with Crippen LogP contribution in [0.5, 0.6) is 0 Å². The van der Waals surface area contributed by atoms with Crippen LogP contribution in [0.15, 0.2) is 22.8 Å². The Morgan fingerprint density at radius 2 is 2.27 bits per heavy atom. The number of carbonyl (C=O) groups is 2. The molecule has 1 aromatic rings. The molecule has 2 aliphatic rings. The molecule has 0 radical (unpaired) electrons. The highest BCUT2D eigenvalue weighted by atomic mass is 16.3. The van der Waals surface area contributed by atoms with Crippen LogP contribution in [0.3, 0.4) is 0 Å². The summed E-state index contributed by atoms with van der Waals surface area (Å²) in [5.74, 6) is 0.702. The van der Waals surface area contributed by atoms with Gasteiger partial charge in [-0.1, -0.05) is 0 Å². The highest BCUT2D eigenvalue weighted by Gasteiger charge is 2.41. The predicted octanol–water partition coefficient (Wildman–Crippen LogP) is 1.01. The van der Waals surface area contributed by atoms with Gasteiger partial charge >= 0.3 is 0 Å². The molecule has 0 unspecified atom stereocenters. The molecule has 2 fully saturated rings. The molecule has 1 N–H and O–H groups in total. The van der Waals surface area contributed by atoms with E-state index in [-0.39, 0.29) is 23.8 Å². The summed E-state index contributed by atoms with van der Waals surface area (Å²) in [6.07, 6.45) is 4.15. The Balaban J connectivity index is 1.54. The quantitative estimate of drug-likeness (QED) is 0.852. The summed E-state index contributed by atoms with van der Waals surface area (Å²) >= 11 is 0. The van der Waals surface area contributed by atoms with Crippen LogP contribution in [0.2, 0.25) is 0 Å². The van der Waals surface area contributed by atoms with Crippen molar-refractivity contribution in [2.45, 2.75) is 31.3 Å². The summed E-state index contributed by atoms with van der Waals surface area (Å²) in [5, 5.41) is 2.98. The second-order valence-electron chi connectivity index (χ2n) is 6.42. The molecule has 0 aromatic carbocycles. The number of nitrogens with one attached hydrogen (secondary N) is 1. The number of hydrogen-bond acceptors (Lipinski definition) is 4. The molecule has 1 aromatic heterocycles. The summed E-state index contributed by atoms with van der Waals surface area (Å²) < 4.78 is 5.43. The van der Waals surface area contributed by atoms with Crippen LogP contribution in [0.25, 0.3) is 0 Å². The number of hydrogen-bond donors (Lipinski definition) is 1. The summed E-state index contributed by atoms with van der Waals surface area (Å²) in [5.41, 5.74) is 0. The highest BCUT2D eigenvalue weighted by Crippen LogP contribution is 2.32. The van der Waals surface area contributed by atoms with Gasteiger partial charge in [0.15, 0.2) is 0 Å². The Bertz CT molecular complexity index is 537. The van der Waals surface area contributed by atoms with Crippen LogP contribution in [-0.2, 0) is 9.59 Å². The van der Waals surface area contributed by atoms with Crippen molar-refractivity contribution in [3.05, 3.63) is 24.2 Å². The number of nitrogens with zero attached hydrogens (tertiary/aromatic N) is 2. The number of rotatable bonds is 6. The van der Waals surface area contributed by atoms with Gasteiger partial charge in [0.2, 0.25) is 11.8 Å². The van der Waals surface area contributed by atoms with E-state index in [1.54, 1.807) is 6.26 Å². The van der Waals surface area contributed by atoms with Crippen molar-refractivity contribution in [2.24, 2.45) is 5.92 Å². The second kappa shape index (κ2) is 6.12. The van der Waals surface area contributed by atoms with Gasteiger partial charge in [-0.05, 0) is 39.1 Å². The Hall–Kier alpha value is -1.82. The molecule has 0 bridgehead atoms. The van der Waals surface area contributed by atoms with Gasteiger partial charge in [0.05, 0.1) is 18.2 Å². The zero-order valence-electron chi connectivity index (χ0n) is 13.1. The summed E-state index contributed by atoms with van der Waals surface area (Å²) in [6.45, 7) is 1.05. The first kappa shape index (κ1) is 15.1. The molecule has 22 heavy (non-hydrogen) atoms. The minimum absolute atomic E-state index is 0.00408. The van der Waals surface area contributed by atoms with Crippen molar-refractivity contribution < 1.29 is 14.0 Å². The summed E-state index contributed by atoms with van der Waals surface area (Å²) in [7, 11) is 3.90. The van der Waals surface area contributed by atoms with E-state index in [2.05, 4.69) is 5.32 Å². The van der Waals surface area contributed by atoms with E-state index in [9.17, 15) is 9.59 Å². The highest BCUT2D eigenvalue weighted by molar-refractivity contribution is 5.89. The standard InChI is InChI=1S/C16H23N3O3/c1-18(2)13(14-4-3-7-22-14)9-17-16(21)11-8-15(20)19(10-11)12-5-6-12/h3-4,7,11-13H,5-6,8-10H2,1-2H3,(H,17,21)/t11-,13+/m0/s1. The molecule has 2 heterocycles. The molecule has 120 valence electrons. The topological polar surface area (TPSA) is 65.8 Å². The van der Waals surface area contributed by atoms with Crippen LogP contribution in [0.4, 0.5) is 0 Å². The van der Waals surface area contributed by atoms with E-state index < -0.39 is 0 Å². The molecule has 6 nitrogen and oxygen atoms in total. The molecular formula is C16H23N3O3. The molecular weight excluding hydrogens is 282 g/mol. The molecule has 6 heteroatoms. The maximum absolute atomic E-state index is 12.3. The number of likely N-dealkylation sites (tertiary alicyclic amines) is 1. The van der Waals surface area contributed by atoms with E-state index in [1.807, 2.05) is 36.0 Å². The zero-order chi connectivity index (χ0) is 15.7. The van der Waals surface area contributed by atoms with Crippen LogP contribution in [0.1, 0.15) is 31.1 Å². The SMILES string of the molecule is CN(C)[C@H](CNC(=O)[C@H]1CC(=O)N(C2CC2)C1)c1ccco1. The number of carbonyl (C=O) groups excluding carboxylic acids is 2. The normalized spacial score (nSPS) is 23.1. The smallest absolute Gasteiger partial charge is 0.225 e. The fourth-order valence-corrected chi connectivity index (χ4v) is 3.01. The van der Waals surface area contributed by atoms with E-state index in [4.69, 9.17) is 4.42 Å². The molecule has 1 aliphatic carbocycles. The Morgan fingerprint density at radius 1 is 1.50 bits per heavy atom. The molecule has 2 atom stereocenters. The fourth-order valence-electron chi connectivity index (χ4n) is 3.01. The monoisotopic (exact) mass is 305 g/mol. The van der Waals surface area contributed by atoms with Gasteiger partial charge in [0.25, 0.3) is 0 Å². The van der Waals surface area contributed by atoms with Gasteiger partial charge in [-0.3, -0.25) is 14.5 Å². The van der Waals surface area contributed by atoms with Gasteiger partial charge in [-0.25, -0.2) is 0 Å². The summed E-state index contributed by atoms with van der Waals surface area (Å²) in [4.78, 5) is 28.1. The zero-order valence-corrected chi connectivity index (χ0v) is 13.1. The van der Waals surface area contributed by atoms with Crippen molar-refractivity contribution in [2.75, 3.05) is 27.2 Å². The Labute approximate surface area is 130 Å². The van der Waals surface area contributed by atoms with Crippen molar-refractivity contribution in [1.82, 2.24) is 15.1 Å². The third kappa shape index (κ3) is 3.16. The lowest BCUT2D eigenvalue weighted by atomic mass is 10.1. The van der Waals surface area contributed by atoms with Crippen LogP contribution in [0, 0.1) is 5.92 Å². The van der Waals surface area contributed by atoms with Gasteiger partial charge < -0.3 is 14.6 Å². The number of amides is 2. The third-order valence-corrected chi connectivity index (χ3v) is 4.48. The lowest BCUT2D eigenvalue weighted by Gasteiger charge is -2.23. The Kier molecular flexibility index (Phi) is 4.20. The average Bonchev–Trinajstić information content (AvgIpc) is 3.02. The van der Waals surface area contributed by atoms with Crippen LogP contribution < -0.4 is 5.32 Å². The van der Waals surface area contributed by atoms with E-state index in [0.717, 1.165) is 18.6 Å². The molecule has 1 aliphatic heterocycles. The first-order chi connectivity index (χ1) is 10.6. The van der Waals surface area contributed by atoms with Gasteiger partial charge in [-0.2, -0.15) is 0 Å². The van der Waals surface area contributed by atoms with Gasteiger partial charge in [0, 0.05) is 25.6 Å². The summed E-state index contributed by atoms with van der Waals surface area (Å²) in [6, 6.07) is 4.14. The first-order valence-electron chi connectivity index (χ1n) is 7.83. The van der Waals surface area contributed by atoms with E-state index in [1.165, 1.54) is 0 Å². The van der Waals surface area contributed by atoms with Crippen LogP contribution in [-0.4, -0.2) is 54.8 Å². The minimum Gasteiger partial charge on any atom is -0.468 e. The van der Waals surface area contributed by atoms with Gasteiger partial charge in [0.1, 0.15) is 5.76 Å². The van der Waals surface area contributed by atoms with Gasteiger partial charge in [-0.15, -0.1) is 0 Å². The number of likely N-dealkylation sites (N-methyl/N-ethyl adjacent to an activating group) is 1. The average molecular weight is 305 g/mol. The van der Waals surface area contributed by atoms with E-state index in [0.29, 0.717) is 25.6 Å².